The van der Waals surface area contributed by atoms with Gasteiger partial charge in [0.15, 0.2) is 16.4 Å². The Hall–Kier alpha value is -2.11. The SMILES string of the molecule is CN(C)CCCN(C(=O)COc1ccccc1C#N)[C@H]1CCS(=O)(=O)C1. The molecule has 0 radical (unpaired) electrons. The molecule has 26 heavy (non-hydrogen) atoms. The summed E-state index contributed by atoms with van der Waals surface area (Å²) in [6, 6.07) is 8.45. The molecule has 1 aliphatic heterocycles. The highest BCUT2D eigenvalue weighted by Gasteiger charge is 2.34. The number of nitrogens with zero attached hydrogens (tertiary/aromatic N) is 3. The first kappa shape index (κ1) is 20.2. The van der Waals surface area contributed by atoms with E-state index in [4.69, 9.17) is 10.00 Å². The summed E-state index contributed by atoms with van der Waals surface area (Å²) in [7, 11) is 0.824. The van der Waals surface area contributed by atoms with Crippen molar-refractivity contribution in [1.82, 2.24) is 9.80 Å². The molecule has 1 amide bonds. The second kappa shape index (κ2) is 9.01. The van der Waals surface area contributed by atoms with E-state index in [1.165, 1.54) is 0 Å². The van der Waals surface area contributed by atoms with Crippen LogP contribution in [0.1, 0.15) is 18.4 Å². The molecule has 0 bridgehead atoms. The van der Waals surface area contributed by atoms with Gasteiger partial charge in [0.2, 0.25) is 0 Å². The van der Waals surface area contributed by atoms with Crippen molar-refractivity contribution in [2.45, 2.75) is 18.9 Å². The molecule has 1 aromatic rings. The van der Waals surface area contributed by atoms with Gasteiger partial charge in [0.05, 0.1) is 17.1 Å². The monoisotopic (exact) mass is 379 g/mol. The highest BCUT2D eigenvalue weighted by atomic mass is 32.2. The third-order valence-electron chi connectivity index (χ3n) is 4.33. The number of carbonyl (C=O) groups is 1. The number of benzene rings is 1. The summed E-state index contributed by atoms with van der Waals surface area (Å²) in [6.45, 7) is 1.08. The fourth-order valence-electron chi connectivity index (χ4n) is 3.00. The van der Waals surface area contributed by atoms with Crippen LogP contribution in [-0.2, 0) is 14.6 Å². The van der Waals surface area contributed by atoms with Gasteiger partial charge in [-0.25, -0.2) is 8.42 Å². The number of hydrogen-bond acceptors (Lipinski definition) is 6. The van der Waals surface area contributed by atoms with Crippen LogP contribution >= 0.6 is 0 Å². The first-order valence-corrected chi connectivity index (χ1v) is 10.4. The first-order chi connectivity index (χ1) is 12.3. The third-order valence-corrected chi connectivity index (χ3v) is 6.08. The zero-order valence-corrected chi connectivity index (χ0v) is 16.0. The van der Waals surface area contributed by atoms with Crippen molar-refractivity contribution in [3.05, 3.63) is 29.8 Å². The second-order valence-corrected chi connectivity index (χ2v) is 8.93. The molecule has 1 atom stereocenters. The molecule has 7 nitrogen and oxygen atoms in total. The van der Waals surface area contributed by atoms with Crippen LogP contribution in [0.2, 0.25) is 0 Å². The van der Waals surface area contributed by atoms with Crippen LogP contribution in [0.25, 0.3) is 0 Å². The van der Waals surface area contributed by atoms with Gasteiger partial charge < -0.3 is 14.5 Å². The predicted octanol–water partition coefficient (Wildman–Crippen LogP) is 0.904. The number of carbonyl (C=O) groups excluding carboxylic acids is 1. The second-order valence-electron chi connectivity index (χ2n) is 6.70. The Morgan fingerprint density at radius 2 is 2.04 bits per heavy atom. The van der Waals surface area contributed by atoms with Gasteiger partial charge in [-0.05, 0) is 45.6 Å². The van der Waals surface area contributed by atoms with Gasteiger partial charge in [-0.15, -0.1) is 0 Å². The maximum Gasteiger partial charge on any atom is 0.260 e. The summed E-state index contributed by atoms with van der Waals surface area (Å²) in [5.74, 6) is 0.233. The standard InChI is InChI=1S/C18H25N3O4S/c1-20(2)9-5-10-21(16-8-11-26(23,24)14-16)18(22)13-25-17-7-4-3-6-15(17)12-19/h3-4,6-7,16H,5,8-11,13-14H2,1-2H3/t16-/m0/s1. The summed E-state index contributed by atoms with van der Waals surface area (Å²) in [5.41, 5.74) is 0.364. The number of para-hydroxylation sites is 1. The zero-order chi connectivity index (χ0) is 19.2. The molecule has 1 aromatic carbocycles. The number of sulfone groups is 1. The summed E-state index contributed by atoms with van der Waals surface area (Å²) in [4.78, 5) is 16.3. The molecule has 0 aromatic heterocycles. The van der Waals surface area contributed by atoms with E-state index in [1.807, 2.05) is 25.1 Å². The van der Waals surface area contributed by atoms with E-state index in [0.29, 0.717) is 24.3 Å². The Morgan fingerprint density at radius 1 is 1.31 bits per heavy atom. The molecule has 0 saturated carbocycles. The van der Waals surface area contributed by atoms with Crippen molar-refractivity contribution >= 4 is 15.7 Å². The van der Waals surface area contributed by atoms with Crippen LogP contribution in [0, 0.1) is 11.3 Å². The van der Waals surface area contributed by atoms with Gasteiger partial charge in [0.1, 0.15) is 11.8 Å². The topological polar surface area (TPSA) is 90.7 Å². The van der Waals surface area contributed by atoms with Gasteiger partial charge in [-0.3, -0.25) is 4.79 Å². The molecule has 1 fully saturated rings. The molecular weight excluding hydrogens is 354 g/mol. The number of amides is 1. The van der Waals surface area contributed by atoms with Crippen LogP contribution in [0.15, 0.2) is 24.3 Å². The van der Waals surface area contributed by atoms with Crippen molar-refractivity contribution in [2.75, 3.05) is 45.3 Å². The van der Waals surface area contributed by atoms with Crippen molar-refractivity contribution in [2.24, 2.45) is 0 Å². The molecule has 1 aliphatic rings. The Kier molecular flexibility index (Phi) is 7.00. The smallest absolute Gasteiger partial charge is 0.260 e. The molecule has 0 unspecified atom stereocenters. The molecule has 0 aliphatic carbocycles. The van der Waals surface area contributed by atoms with Crippen LogP contribution in [0.3, 0.4) is 0 Å². The van der Waals surface area contributed by atoms with Crippen molar-refractivity contribution in [3.63, 3.8) is 0 Å². The van der Waals surface area contributed by atoms with Crippen LogP contribution in [0.5, 0.6) is 5.75 Å². The Morgan fingerprint density at radius 3 is 2.65 bits per heavy atom. The highest BCUT2D eigenvalue weighted by Crippen LogP contribution is 2.20. The van der Waals surface area contributed by atoms with Crippen LogP contribution in [-0.4, -0.2) is 75.5 Å². The lowest BCUT2D eigenvalue weighted by Gasteiger charge is -2.29. The fraction of sp³-hybridized carbons (Fsp3) is 0.556. The molecule has 0 spiro atoms. The van der Waals surface area contributed by atoms with E-state index in [1.54, 1.807) is 29.2 Å². The third kappa shape index (κ3) is 5.71. The highest BCUT2D eigenvalue weighted by molar-refractivity contribution is 7.91. The van der Waals surface area contributed by atoms with E-state index in [9.17, 15) is 13.2 Å². The molecule has 2 rings (SSSR count). The minimum Gasteiger partial charge on any atom is -0.482 e. The summed E-state index contributed by atoms with van der Waals surface area (Å²) >= 11 is 0. The summed E-state index contributed by atoms with van der Waals surface area (Å²) < 4.78 is 29.1. The van der Waals surface area contributed by atoms with Gasteiger partial charge in [0, 0.05) is 12.6 Å². The maximum atomic E-state index is 12.7. The average molecular weight is 379 g/mol. The minimum absolute atomic E-state index is 0.00941. The maximum absolute atomic E-state index is 12.7. The average Bonchev–Trinajstić information content (AvgIpc) is 2.96. The number of ether oxygens (including phenoxy) is 1. The number of hydrogen-bond donors (Lipinski definition) is 0. The molecule has 142 valence electrons. The van der Waals surface area contributed by atoms with Gasteiger partial charge in [-0.2, -0.15) is 5.26 Å². The van der Waals surface area contributed by atoms with E-state index in [0.717, 1.165) is 13.0 Å². The minimum atomic E-state index is -3.08. The van der Waals surface area contributed by atoms with Crippen molar-refractivity contribution in [1.29, 1.82) is 5.26 Å². The lowest BCUT2D eigenvalue weighted by molar-refractivity contribution is -0.135. The first-order valence-electron chi connectivity index (χ1n) is 8.59. The Labute approximate surface area is 155 Å². The zero-order valence-electron chi connectivity index (χ0n) is 15.2. The molecule has 8 heteroatoms. The quantitative estimate of drug-likeness (QED) is 0.667. The Balaban J connectivity index is 2.03. The van der Waals surface area contributed by atoms with E-state index in [-0.39, 0.29) is 30.1 Å². The summed E-state index contributed by atoms with van der Waals surface area (Å²) in [6.07, 6.45) is 1.22. The van der Waals surface area contributed by atoms with E-state index >= 15 is 0 Å². The number of nitriles is 1. The van der Waals surface area contributed by atoms with Gasteiger partial charge >= 0.3 is 0 Å². The van der Waals surface area contributed by atoms with E-state index in [2.05, 4.69) is 0 Å². The normalized spacial score (nSPS) is 18.5. The summed E-state index contributed by atoms with van der Waals surface area (Å²) in [5, 5.41) is 9.09. The molecule has 0 N–H and O–H groups in total. The lowest BCUT2D eigenvalue weighted by atomic mass is 10.2. The molecule has 1 saturated heterocycles. The lowest BCUT2D eigenvalue weighted by Crippen LogP contribution is -2.44. The van der Waals surface area contributed by atoms with Crippen LogP contribution in [0.4, 0.5) is 0 Å². The number of rotatable bonds is 8. The van der Waals surface area contributed by atoms with Crippen molar-refractivity contribution < 1.29 is 17.9 Å². The van der Waals surface area contributed by atoms with Gasteiger partial charge in [0.25, 0.3) is 5.91 Å². The molecular formula is C18H25N3O4S. The molecule has 1 heterocycles. The van der Waals surface area contributed by atoms with Gasteiger partial charge in [-0.1, -0.05) is 12.1 Å². The van der Waals surface area contributed by atoms with Crippen molar-refractivity contribution in [3.8, 4) is 11.8 Å². The van der Waals surface area contributed by atoms with E-state index < -0.39 is 9.84 Å². The largest absolute Gasteiger partial charge is 0.482 e. The fourth-order valence-corrected chi connectivity index (χ4v) is 4.73. The predicted molar refractivity (Wildman–Crippen MR) is 98.6 cm³/mol. The van der Waals surface area contributed by atoms with Crippen LogP contribution < -0.4 is 4.74 Å². The Bertz CT molecular complexity index is 771.